The van der Waals surface area contributed by atoms with Gasteiger partial charge in [-0.15, -0.1) is 0 Å². The lowest BCUT2D eigenvalue weighted by atomic mass is 10.1. The highest BCUT2D eigenvalue weighted by Gasteiger charge is 2.15. The summed E-state index contributed by atoms with van der Waals surface area (Å²) in [6.07, 6.45) is 6.42. The maximum atomic E-state index is 5.56. The summed E-state index contributed by atoms with van der Waals surface area (Å²) in [4.78, 5) is 4.36. The van der Waals surface area contributed by atoms with Gasteiger partial charge in [0.25, 0.3) is 0 Å². The molecular formula is C11H15NO. The van der Waals surface area contributed by atoms with Crippen LogP contribution >= 0.6 is 0 Å². The van der Waals surface area contributed by atoms with E-state index in [0.29, 0.717) is 0 Å². The topological polar surface area (TPSA) is 22.1 Å². The lowest BCUT2D eigenvalue weighted by molar-refractivity contribution is 0.351. The minimum absolute atomic E-state index is 0.833. The standard InChI is InChI=1S/C11H15NO/c1-2-3-4-10-11-9(5-7-12-10)6-8-13-11/h5,7H,2-4,6,8H2,1H3. The van der Waals surface area contributed by atoms with E-state index >= 15 is 0 Å². The molecule has 0 saturated heterocycles. The number of fused-ring (bicyclic) bond motifs is 1. The molecule has 70 valence electrons. The molecule has 13 heavy (non-hydrogen) atoms. The van der Waals surface area contributed by atoms with Crippen molar-refractivity contribution in [3.63, 3.8) is 0 Å². The molecule has 2 rings (SSSR count). The molecule has 0 amide bonds. The number of nitrogens with zero attached hydrogens (tertiary/aromatic N) is 1. The Labute approximate surface area is 78.9 Å². The van der Waals surface area contributed by atoms with E-state index in [9.17, 15) is 0 Å². The molecule has 2 heteroatoms. The van der Waals surface area contributed by atoms with Gasteiger partial charge in [0.05, 0.1) is 12.3 Å². The van der Waals surface area contributed by atoms with E-state index in [4.69, 9.17) is 4.74 Å². The van der Waals surface area contributed by atoms with Crippen molar-refractivity contribution in [1.29, 1.82) is 0 Å². The van der Waals surface area contributed by atoms with Crippen molar-refractivity contribution in [2.75, 3.05) is 6.61 Å². The molecule has 0 saturated carbocycles. The molecule has 0 radical (unpaired) electrons. The number of pyridine rings is 1. The van der Waals surface area contributed by atoms with E-state index in [-0.39, 0.29) is 0 Å². The molecule has 0 fully saturated rings. The molecule has 0 spiro atoms. The van der Waals surface area contributed by atoms with Crippen molar-refractivity contribution in [2.45, 2.75) is 32.6 Å². The number of hydrogen-bond acceptors (Lipinski definition) is 2. The van der Waals surface area contributed by atoms with Crippen LogP contribution in [0.25, 0.3) is 0 Å². The zero-order valence-corrected chi connectivity index (χ0v) is 8.05. The van der Waals surface area contributed by atoms with Gasteiger partial charge in [0.15, 0.2) is 0 Å². The van der Waals surface area contributed by atoms with Crippen LogP contribution in [0.4, 0.5) is 0 Å². The number of rotatable bonds is 3. The van der Waals surface area contributed by atoms with Crippen LogP contribution in [0.3, 0.4) is 0 Å². The number of aryl methyl sites for hydroxylation is 1. The maximum absolute atomic E-state index is 5.56. The summed E-state index contributed by atoms with van der Waals surface area (Å²) < 4.78 is 5.56. The molecule has 2 heterocycles. The third-order valence-corrected chi connectivity index (χ3v) is 2.44. The number of hydrogen-bond donors (Lipinski definition) is 0. The van der Waals surface area contributed by atoms with Crippen molar-refractivity contribution in [1.82, 2.24) is 4.98 Å². The molecule has 1 aromatic rings. The molecular weight excluding hydrogens is 162 g/mol. The normalized spacial score (nSPS) is 13.9. The Morgan fingerprint density at radius 3 is 3.31 bits per heavy atom. The second-order valence-electron chi connectivity index (χ2n) is 3.45. The first-order valence-electron chi connectivity index (χ1n) is 5.01. The fourth-order valence-corrected chi connectivity index (χ4v) is 1.70. The Kier molecular flexibility index (Phi) is 2.48. The van der Waals surface area contributed by atoms with Gasteiger partial charge < -0.3 is 4.74 Å². The molecule has 0 atom stereocenters. The Bertz CT molecular complexity index is 296. The monoisotopic (exact) mass is 177 g/mol. The SMILES string of the molecule is CCCCc1nccc2c1OCC2. The van der Waals surface area contributed by atoms with Crippen molar-refractivity contribution < 1.29 is 4.74 Å². The lowest BCUT2D eigenvalue weighted by Gasteiger charge is -2.05. The Morgan fingerprint density at radius 1 is 1.54 bits per heavy atom. The largest absolute Gasteiger partial charge is 0.491 e. The van der Waals surface area contributed by atoms with Crippen LogP contribution in [-0.2, 0) is 12.8 Å². The van der Waals surface area contributed by atoms with Gasteiger partial charge >= 0.3 is 0 Å². The number of ether oxygens (including phenoxy) is 1. The van der Waals surface area contributed by atoms with E-state index in [1.54, 1.807) is 0 Å². The van der Waals surface area contributed by atoms with Gasteiger partial charge in [0.1, 0.15) is 5.75 Å². The second kappa shape index (κ2) is 3.77. The summed E-state index contributed by atoms with van der Waals surface area (Å²) in [7, 11) is 0. The summed E-state index contributed by atoms with van der Waals surface area (Å²) in [6, 6.07) is 2.07. The van der Waals surface area contributed by atoms with E-state index in [1.165, 1.54) is 18.4 Å². The van der Waals surface area contributed by atoms with Gasteiger partial charge in [-0.2, -0.15) is 0 Å². The van der Waals surface area contributed by atoms with Gasteiger partial charge in [0, 0.05) is 18.2 Å². The summed E-state index contributed by atoms with van der Waals surface area (Å²) in [5, 5.41) is 0. The third kappa shape index (κ3) is 1.67. The number of unbranched alkanes of at least 4 members (excludes halogenated alkanes) is 1. The van der Waals surface area contributed by atoms with Crippen molar-refractivity contribution in [2.24, 2.45) is 0 Å². The van der Waals surface area contributed by atoms with Gasteiger partial charge in [-0.25, -0.2) is 0 Å². The minimum Gasteiger partial charge on any atom is -0.491 e. The predicted molar refractivity (Wildman–Crippen MR) is 52.0 cm³/mol. The molecule has 0 N–H and O–H groups in total. The first kappa shape index (κ1) is 8.54. The molecule has 0 unspecified atom stereocenters. The fraction of sp³-hybridized carbons (Fsp3) is 0.545. The molecule has 1 aliphatic heterocycles. The highest BCUT2D eigenvalue weighted by atomic mass is 16.5. The van der Waals surface area contributed by atoms with Gasteiger partial charge in [0.2, 0.25) is 0 Å². The fourth-order valence-electron chi connectivity index (χ4n) is 1.70. The lowest BCUT2D eigenvalue weighted by Crippen LogP contribution is -1.94. The van der Waals surface area contributed by atoms with Crippen molar-refractivity contribution >= 4 is 0 Å². The van der Waals surface area contributed by atoms with Crippen molar-refractivity contribution in [3.05, 3.63) is 23.5 Å². The van der Waals surface area contributed by atoms with Crippen LogP contribution in [0.1, 0.15) is 31.0 Å². The quantitative estimate of drug-likeness (QED) is 0.707. The average molecular weight is 177 g/mol. The highest BCUT2D eigenvalue weighted by Crippen LogP contribution is 2.28. The van der Waals surface area contributed by atoms with Crippen LogP contribution in [0, 0.1) is 0 Å². The zero-order valence-electron chi connectivity index (χ0n) is 8.05. The Hall–Kier alpha value is -1.05. The Balaban J connectivity index is 2.20. The predicted octanol–water partition coefficient (Wildman–Crippen LogP) is 2.36. The van der Waals surface area contributed by atoms with Crippen LogP contribution in [-0.4, -0.2) is 11.6 Å². The van der Waals surface area contributed by atoms with E-state index < -0.39 is 0 Å². The number of aromatic nitrogens is 1. The van der Waals surface area contributed by atoms with E-state index in [1.807, 2.05) is 6.20 Å². The van der Waals surface area contributed by atoms with E-state index in [2.05, 4.69) is 18.0 Å². The van der Waals surface area contributed by atoms with Gasteiger partial charge in [-0.3, -0.25) is 4.98 Å². The summed E-state index contributed by atoms with van der Waals surface area (Å²) >= 11 is 0. The maximum Gasteiger partial charge on any atom is 0.144 e. The van der Waals surface area contributed by atoms with Gasteiger partial charge in [-0.1, -0.05) is 13.3 Å². The van der Waals surface area contributed by atoms with Gasteiger partial charge in [-0.05, 0) is 18.9 Å². The third-order valence-electron chi connectivity index (χ3n) is 2.44. The summed E-state index contributed by atoms with van der Waals surface area (Å²) in [6.45, 7) is 3.03. The summed E-state index contributed by atoms with van der Waals surface area (Å²) in [5.41, 5.74) is 2.48. The minimum atomic E-state index is 0.833. The van der Waals surface area contributed by atoms with Crippen LogP contribution in [0.5, 0.6) is 5.75 Å². The first-order valence-corrected chi connectivity index (χ1v) is 5.01. The van der Waals surface area contributed by atoms with Crippen molar-refractivity contribution in [3.8, 4) is 5.75 Å². The van der Waals surface area contributed by atoms with Crippen LogP contribution < -0.4 is 4.74 Å². The molecule has 2 nitrogen and oxygen atoms in total. The zero-order chi connectivity index (χ0) is 9.10. The summed E-state index contributed by atoms with van der Waals surface area (Å²) in [5.74, 6) is 1.07. The first-order chi connectivity index (χ1) is 6.42. The molecule has 0 aromatic carbocycles. The molecule has 0 bridgehead atoms. The smallest absolute Gasteiger partial charge is 0.144 e. The Morgan fingerprint density at radius 2 is 2.46 bits per heavy atom. The second-order valence-corrected chi connectivity index (χ2v) is 3.45. The highest BCUT2D eigenvalue weighted by molar-refractivity contribution is 5.39. The molecule has 1 aromatic heterocycles. The molecule has 0 aliphatic carbocycles. The van der Waals surface area contributed by atoms with Crippen LogP contribution in [0.15, 0.2) is 12.3 Å². The van der Waals surface area contributed by atoms with E-state index in [0.717, 1.165) is 30.9 Å². The van der Waals surface area contributed by atoms with Crippen LogP contribution in [0.2, 0.25) is 0 Å². The average Bonchev–Trinajstić information content (AvgIpc) is 2.62. The molecule has 1 aliphatic rings.